The van der Waals surface area contributed by atoms with Crippen LogP contribution >= 0.6 is 11.3 Å². The maximum absolute atomic E-state index is 12.9. The Kier molecular flexibility index (Phi) is 9.44. The maximum Gasteiger partial charge on any atom is 0.416 e. The highest BCUT2D eigenvalue weighted by molar-refractivity contribution is 7.13. The van der Waals surface area contributed by atoms with Crippen molar-refractivity contribution in [2.75, 3.05) is 25.6 Å². The van der Waals surface area contributed by atoms with Gasteiger partial charge in [0.15, 0.2) is 23.2 Å². The van der Waals surface area contributed by atoms with Gasteiger partial charge in [0.25, 0.3) is 0 Å². The number of methoxy groups -OCH3 is 1. The molecule has 37 heavy (non-hydrogen) atoms. The largest absolute Gasteiger partial charge is 0.493 e. The number of hydrogen-bond acceptors (Lipinski definition) is 9. The van der Waals surface area contributed by atoms with Crippen LogP contribution in [0.25, 0.3) is 0 Å². The number of rotatable bonds is 11. The average Bonchev–Trinajstić information content (AvgIpc) is 3.29. The topological polar surface area (TPSA) is 111 Å². The number of anilines is 2. The molecule has 9 nitrogen and oxygen atoms in total. The van der Waals surface area contributed by atoms with E-state index in [2.05, 4.69) is 20.8 Å². The first kappa shape index (κ1) is 27.5. The van der Waals surface area contributed by atoms with Crippen LogP contribution in [0.4, 0.5) is 24.0 Å². The fourth-order valence-electron chi connectivity index (χ4n) is 2.95. The molecule has 196 valence electrons. The molecule has 0 fully saturated rings. The predicted molar refractivity (Wildman–Crippen MR) is 131 cm³/mol. The predicted octanol–water partition coefficient (Wildman–Crippen LogP) is 4.55. The van der Waals surface area contributed by atoms with E-state index in [-0.39, 0.29) is 25.3 Å². The summed E-state index contributed by atoms with van der Waals surface area (Å²) in [4.78, 5) is 27.9. The monoisotopic (exact) mass is 536 g/mol. The number of carbonyl (C=O) groups is 2. The van der Waals surface area contributed by atoms with Gasteiger partial charge in [-0.15, -0.1) is 11.3 Å². The van der Waals surface area contributed by atoms with Crippen molar-refractivity contribution in [3.63, 3.8) is 0 Å². The number of aromatic nitrogens is 1. The molecule has 3 rings (SSSR count). The number of nitrogens with one attached hydrogen (secondary N) is 2. The number of amides is 1. The lowest BCUT2D eigenvalue weighted by molar-refractivity contribution is -0.145. The molecular weight excluding hydrogens is 513 g/mol. The van der Waals surface area contributed by atoms with Gasteiger partial charge in [-0.05, 0) is 48.9 Å². The third kappa shape index (κ3) is 8.49. The molecule has 1 heterocycles. The Morgan fingerprint density at radius 2 is 1.97 bits per heavy atom. The summed E-state index contributed by atoms with van der Waals surface area (Å²) in [6.07, 6.45) is -3.13. The molecule has 0 radical (unpaired) electrons. The third-order valence-corrected chi connectivity index (χ3v) is 5.38. The standard InChI is InChI=1S/C24H23F3N4O5S/c1-3-35-22(33)13-36-19-8-7-15(9-20(19)34-2)12-28-31-21(32)11-18-14-37-23(30-18)29-17-6-4-5-16(10-17)24(25,26)27/h4-10,12,14H,3,11,13H2,1-2H3,(H,29,30)(H,31,32)/b28-12-. The average molecular weight is 537 g/mol. The van der Waals surface area contributed by atoms with E-state index in [9.17, 15) is 22.8 Å². The first-order chi connectivity index (χ1) is 17.7. The minimum absolute atomic E-state index is 0.0813. The normalized spacial score (nSPS) is 11.3. The Balaban J connectivity index is 1.52. The van der Waals surface area contributed by atoms with Gasteiger partial charge in [-0.2, -0.15) is 18.3 Å². The second kappa shape index (κ2) is 12.7. The van der Waals surface area contributed by atoms with E-state index in [1.807, 2.05) is 0 Å². The molecule has 0 atom stereocenters. The van der Waals surface area contributed by atoms with Crippen LogP contribution in [-0.4, -0.2) is 43.4 Å². The lowest BCUT2D eigenvalue weighted by Gasteiger charge is -2.10. The summed E-state index contributed by atoms with van der Waals surface area (Å²) >= 11 is 1.16. The van der Waals surface area contributed by atoms with Gasteiger partial charge in [0.1, 0.15) is 0 Å². The number of alkyl halides is 3. The number of thiazole rings is 1. The molecule has 2 aromatic carbocycles. The number of benzene rings is 2. The molecular formula is C24H23F3N4O5S. The molecule has 1 amide bonds. The maximum atomic E-state index is 12.9. The summed E-state index contributed by atoms with van der Waals surface area (Å²) in [5.74, 6) is -0.234. The van der Waals surface area contributed by atoms with Crippen LogP contribution in [0.15, 0.2) is 52.9 Å². The van der Waals surface area contributed by atoms with Crippen LogP contribution in [0.5, 0.6) is 11.5 Å². The summed E-state index contributed by atoms with van der Waals surface area (Å²) in [5.41, 5.74) is 2.87. The molecule has 2 N–H and O–H groups in total. The highest BCUT2D eigenvalue weighted by atomic mass is 32.1. The van der Waals surface area contributed by atoms with Crippen molar-refractivity contribution in [3.8, 4) is 11.5 Å². The van der Waals surface area contributed by atoms with Crippen molar-refractivity contribution in [2.45, 2.75) is 19.5 Å². The van der Waals surface area contributed by atoms with Crippen LogP contribution in [0.3, 0.4) is 0 Å². The van der Waals surface area contributed by atoms with Crippen molar-refractivity contribution >= 4 is 40.2 Å². The number of nitrogens with zero attached hydrogens (tertiary/aromatic N) is 2. The van der Waals surface area contributed by atoms with Crippen LogP contribution in [0.1, 0.15) is 23.7 Å². The van der Waals surface area contributed by atoms with E-state index in [4.69, 9.17) is 14.2 Å². The second-order valence-corrected chi connectivity index (χ2v) is 8.18. The van der Waals surface area contributed by atoms with Gasteiger partial charge in [-0.1, -0.05) is 6.07 Å². The van der Waals surface area contributed by atoms with Gasteiger partial charge in [0.05, 0.1) is 37.6 Å². The second-order valence-electron chi connectivity index (χ2n) is 7.32. The van der Waals surface area contributed by atoms with Gasteiger partial charge in [-0.25, -0.2) is 15.2 Å². The molecule has 1 aromatic heterocycles. The van der Waals surface area contributed by atoms with E-state index < -0.39 is 23.6 Å². The van der Waals surface area contributed by atoms with Crippen molar-refractivity contribution < 1.29 is 37.0 Å². The number of hydrogen-bond donors (Lipinski definition) is 2. The van der Waals surface area contributed by atoms with Gasteiger partial charge in [0.2, 0.25) is 5.91 Å². The lowest BCUT2D eigenvalue weighted by Crippen LogP contribution is -2.20. The Bertz CT molecular complexity index is 1260. The van der Waals surface area contributed by atoms with E-state index >= 15 is 0 Å². The molecule has 0 unspecified atom stereocenters. The third-order valence-electron chi connectivity index (χ3n) is 4.58. The Hall–Kier alpha value is -4.13. The van der Waals surface area contributed by atoms with Crippen LogP contribution in [-0.2, 0) is 26.9 Å². The van der Waals surface area contributed by atoms with Gasteiger partial charge >= 0.3 is 12.1 Å². The lowest BCUT2D eigenvalue weighted by atomic mass is 10.2. The van der Waals surface area contributed by atoms with Crippen LogP contribution in [0, 0.1) is 0 Å². The summed E-state index contributed by atoms with van der Waals surface area (Å²) in [6.45, 7) is 1.68. The SMILES string of the molecule is CCOC(=O)COc1ccc(/C=N\NC(=O)Cc2csc(Nc3cccc(C(F)(F)F)c3)n2)cc1OC. The molecule has 0 aliphatic carbocycles. The number of halogens is 3. The zero-order chi connectivity index (χ0) is 26.8. The Morgan fingerprint density at radius 3 is 2.70 bits per heavy atom. The number of esters is 1. The van der Waals surface area contributed by atoms with Crippen molar-refractivity contribution in [1.82, 2.24) is 10.4 Å². The molecule has 0 saturated heterocycles. The molecule has 0 spiro atoms. The summed E-state index contributed by atoms with van der Waals surface area (Å²) in [7, 11) is 1.44. The first-order valence-electron chi connectivity index (χ1n) is 10.8. The molecule has 0 bridgehead atoms. The summed E-state index contributed by atoms with van der Waals surface area (Å²) in [5, 5.41) is 8.69. The van der Waals surface area contributed by atoms with Gasteiger partial charge < -0.3 is 19.5 Å². The number of carbonyl (C=O) groups excluding carboxylic acids is 2. The molecule has 0 aliphatic rings. The van der Waals surface area contributed by atoms with Gasteiger partial charge in [-0.3, -0.25) is 4.79 Å². The molecule has 3 aromatic rings. The quantitative estimate of drug-likeness (QED) is 0.210. The fourth-order valence-corrected chi connectivity index (χ4v) is 3.68. The Morgan fingerprint density at radius 1 is 1.16 bits per heavy atom. The highest BCUT2D eigenvalue weighted by Crippen LogP contribution is 2.32. The van der Waals surface area contributed by atoms with Crippen LogP contribution in [0.2, 0.25) is 0 Å². The van der Waals surface area contributed by atoms with Crippen molar-refractivity contribution in [3.05, 3.63) is 64.7 Å². The molecule has 0 saturated carbocycles. The zero-order valence-electron chi connectivity index (χ0n) is 19.8. The summed E-state index contributed by atoms with van der Waals surface area (Å²) < 4.78 is 54.1. The number of hydrazone groups is 1. The fraction of sp³-hybridized carbons (Fsp3) is 0.250. The first-order valence-corrected chi connectivity index (χ1v) is 11.7. The smallest absolute Gasteiger partial charge is 0.416 e. The zero-order valence-corrected chi connectivity index (χ0v) is 20.6. The molecule has 0 aliphatic heterocycles. The van der Waals surface area contributed by atoms with E-state index in [0.717, 1.165) is 23.5 Å². The minimum atomic E-state index is -4.45. The van der Waals surface area contributed by atoms with E-state index in [0.29, 0.717) is 27.9 Å². The van der Waals surface area contributed by atoms with Crippen molar-refractivity contribution in [2.24, 2.45) is 5.10 Å². The van der Waals surface area contributed by atoms with Crippen molar-refractivity contribution in [1.29, 1.82) is 0 Å². The van der Waals surface area contributed by atoms with Gasteiger partial charge in [0, 0.05) is 11.1 Å². The summed E-state index contributed by atoms with van der Waals surface area (Å²) in [6, 6.07) is 9.61. The highest BCUT2D eigenvalue weighted by Gasteiger charge is 2.30. The van der Waals surface area contributed by atoms with E-state index in [1.54, 1.807) is 30.5 Å². The van der Waals surface area contributed by atoms with Crippen LogP contribution < -0.4 is 20.2 Å². The van der Waals surface area contributed by atoms with E-state index in [1.165, 1.54) is 25.5 Å². The number of ether oxygens (including phenoxy) is 3. The minimum Gasteiger partial charge on any atom is -0.493 e. The Labute approximate surface area is 214 Å². The molecule has 13 heteroatoms.